The summed E-state index contributed by atoms with van der Waals surface area (Å²) in [7, 11) is 4.18. The van der Waals surface area contributed by atoms with Gasteiger partial charge in [0, 0.05) is 37.7 Å². The quantitative estimate of drug-likeness (QED) is 0.830. The number of rotatable bonds is 7. The lowest BCUT2D eigenvalue weighted by Gasteiger charge is -2.10. The predicted octanol–water partition coefficient (Wildman–Crippen LogP) is 3.57. The maximum absolute atomic E-state index is 3.47. The molecular formula is C17H25N3. The lowest BCUT2D eigenvalue weighted by atomic mass is 10.2. The Morgan fingerprint density at radius 2 is 1.80 bits per heavy atom. The molecule has 108 valence electrons. The highest BCUT2D eigenvalue weighted by molar-refractivity contribution is 5.45. The van der Waals surface area contributed by atoms with Crippen LogP contribution in [0.1, 0.15) is 24.5 Å². The molecule has 0 atom stereocenters. The van der Waals surface area contributed by atoms with Gasteiger partial charge in [-0.25, -0.2) is 0 Å². The number of hydrogen-bond acceptors (Lipinski definition) is 2. The van der Waals surface area contributed by atoms with Gasteiger partial charge < -0.3 is 14.8 Å². The first-order valence-electron chi connectivity index (χ1n) is 7.29. The van der Waals surface area contributed by atoms with Gasteiger partial charge in [-0.2, -0.15) is 0 Å². The SMILES string of the molecule is CCCn1ccc(CNc2ccc(CN(C)C)cc2)c1. The molecule has 0 aliphatic heterocycles. The maximum atomic E-state index is 3.47. The van der Waals surface area contributed by atoms with Gasteiger partial charge in [-0.15, -0.1) is 0 Å². The Morgan fingerprint density at radius 3 is 2.45 bits per heavy atom. The molecule has 2 rings (SSSR count). The monoisotopic (exact) mass is 271 g/mol. The van der Waals surface area contributed by atoms with Crippen LogP contribution >= 0.6 is 0 Å². The summed E-state index contributed by atoms with van der Waals surface area (Å²) < 4.78 is 2.25. The predicted molar refractivity (Wildman–Crippen MR) is 85.9 cm³/mol. The number of hydrogen-bond donors (Lipinski definition) is 1. The van der Waals surface area contributed by atoms with Crippen LogP contribution in [0, 0.1) is 0 Å². The van der Waals surface area contributed by atoms with Crippen LogP contribution in [-0.4, -0.2) is 23.6 Å². The van der Waals surface area contributed by atoms with Crippen LogP contribution in [0.4, 0.5) is 5.69 Å². The van der Waals surface area contributed by atoms with Crippen molar-refractivity contribution < 1.29 is 0 Å². The standard InChI is InChI=1S/C17H25N3/c1-4-10-20-11-9-16(14-20)12-18-17-7-5-15(6-8-17)13-19(2)3/h5-9,11,14,18H,4,10,12-13H2,1-3H3. The molecule has 0 radical (unpaired) electrons. The molecule has 1 N–H and O–H groups in total. The molecule has 1 aromatic heterocycles. The second kappa shape index (κ2) is 7.15. The van der Waals surface area contributed by atoms with Gasteiger partial charge in [0.25, 0.3) is 0 Å². The van der Waals surface area contributed by atoms with Crippen LogP contribution in [0.15, 0.2) is 42.7 Å². The van der Waals surface area contributed by atoms with Gasteiger partial charge >= 0.3 is 0 Å². The summed E-state index contributed by atoms with van der Waals surface area (Å²) in [4.78, 5) is 2.18. The van der Waals surface area contributed by atoms with Crippen LogP contribution in [0.3, 0.4) is 0 Å². The van der Waals surface area contributed by atoms with Gasteiger partial charge in [-0.1, -0.05) is 19.1 Å². The molecule has 1 aromatic carbocycles. The molecule has 20 heavy (non-hydrogen) atoms. The molecular weight excluding hydrogens is 246 g/mol. The smallest absolute Gasteiger partial charge is 0.0415 e. The minimum absolute atomic E-state index is 0.879. The zero-order valence-electron chi connectivity index (χ0n) is 12.8. The van der Waals surface area contributed by atoms with Crippen molar-refractivity contribution in [2.24, 2.45) is 0 Å². The van der Waals surface area contributed by atoms with Crippen molar-refractivity contribution in [3.63, 3.8) is 0 Å². The maximum Gasteiger partial charge on any atom is 0.0415 e. The highest BCUT2D eigenvalue weighted by Gasteiger charge is 1.98. The summed E-state index contributed by atoms with van der Waals surface area (Å²) in [6.45, 7) is 5.16. The first-order chi connectivity index (χ1) is 9.67. The van der Waals surface area contributed by atoms with E-state index in [9.17, 15) is 0 Å². The van der Waals surface area contributed by atoms with Gasteiger partial charge in [0.2, 0.25) is 0 Å². The average Bonchev–Trinajstić information content (AvgIpc) is 2.86. The number of nitrogens with zero attached hydrogens (tertiary/aromatic N) is 2. The second-order valence-electron chi connectivity index (χ2n) is 5.55. The van der Waals surface area contributed by atoms with Crippen LogP contribution in [0.5, 0.6) is 0 Å². The van der Waals surface area contributed by atoms with Crippen molar-refractivity contribution in [2.45, 2.75) is 33.0 Å². The Balaban J connectivity index is 1.86. The van der Waals surface area contributed by atoms with Gasteiger partial charge in [-0.3, -0.25) is 0 Å². The molecule has 0 bridgehead atoms. The minimum Gasteiger partial charge on any atom is -0.381 e. The first kappa shape index (κ1) is 14.7. The van der Waals surface area contributed by atoms with Crippen molar-refractivity contribution in [1.82, 2.24) is 9.47 Å². The van der Waals surface area contributed by atoms with E-state index in [0.717, 1.165) is 19.6 Å². The summed E-state index contributed by atoms with van der Waals surface area (Å²) in [6.07, 6.45) is 5.55. The lowest BCUT2D eigenvalue weighted by molar-refractivity contribution is 0.402. The number of nitrogens with one attached hydrogen (secondary N) is 1. The molecule has 0 aliphatic carbocycles. The third-order valence-electron chi connectivity index (χ3n) is 3.24. The number of benzene rings is 1. The number of anilines is 1. The highest BCUT2D eigenvalue weighted by atomic mass is 15.0. The van der Waals surface area contributed by atoms with E-state index in [-0.39, 0.29) is 0 Å². The zero-order valence-corrected chi connectivity index (χ0v) is 12.8. The third kappa shape index (κ3) is 4.42. The fraction of sp³-hybridized carbons (Fsp3) is 0.412. The Kier molecular flexibility index (Phi) is 5.24. The molecule has 3 nitrogen and oxygen atoms in total. The molecule has 0 saturated carbocycles. The largest absolute Gasteiger partial charge is 0.381 e. The Bertz CT molecular complexity index is 511. The molecule has 0 fully saturated rings. The van der Waals surface area contributed by atoms with Crippen molar-refractivity contribution in [2.75, 3.05) is 19.4 Å². The fourth-order valence-electron chi connectivity index (χ4n) is 2.29. The van der Waals surface area contributed by atoms with Crippen LogP contribution in [0.25, 0.3) is 0 Å². The van der Waals surface area contributed by atoms with E-state index in [2.05, 4.69) is 78.5 Å². The molecule has 1 heterocycles. The topological polar surface area (TPSA) is 20.2 Å². The highest BCUT2D eigenvalue weighted by Crippen LogP contribution is 2.12. The lowest BCUT2D eigenvalue weighted by Crippen LogP contribution is -2.10. The van der Waals surface area contributed by atoms with Crippen molar-refractivity contribution in [3.05, 3.63) is 53.9 Å². The van der Waals surface area contributed by atoms with E-state index in [0.29, 0.717) is 0 Å². The third-order valence-corrected chi connectivity index (χ3v) is 3.24. The summed E-state index contributed by atoms with van der Waals surface area (Å²) in [5.41, 5.74) is 3.85. The van der Waals surface area contributed by atoms with E-state index < -0.39 is 0 Å². The van der Waals surface area contributed by atoms with Crippen molar-refractivity contribution in [3.8, 4) is 0 Å². The van der Waals surface area contributed by atoms with Crippen LogP contribution in [0.2, 0.25) is 0 Å². The molecule has 0 amide bonds. The summed E-state index contributed by atoms with van der Waals surface area (Å²) in [5, 5.41) is 3.47. The van der Waals surface area contributed by atoms with E-state index in [4.69, 9.17) is 0 Å². The van der Waals surface area contributed by atoms with E-state index in [1.807, 2.05) is 0 Å². The van der Waals surface area contributed by atoms with E-state index in [1.54, 1.807) is 0 Å². The first-order valence-corrected chi connectivity index (χ1v) is 7.29. The second-order valence-corrected chi connectivity index (χ2v) is 5.55. The van der Waals surface area contributed by atoms with Crippen LogP contribution in [-0.2, 0) is 19.6 Å². The summed E-state index contributed by atoms with van der Waals surface area (Å²) >= 11 is 0. The fourth-order valence-corrected chi connectivity index (χ4v) is 2.29. The van der Waals surface area contributed by atoms with Crippen LogP contribution < -0.4 is 5.32 Å². The Labute approximate surface area is 122 Å². The molecule has 2 aromatic rings. The average molecular weight is 271 g/mol. The zero-order chi connectivity index (χ0) is 14.4. The van der Waals surface area contributed by atoms with Crippen molar-refractivity contribution >= 4 is 5.69 Å². The summed E-state index contributed by atoms with van der Waals surface area (Å²) in [6, 6.07) is 10.9. The normalized spacial score (nSPS) is 11.0. The molecule has 3 heteroatoms. The van der Waals surface area contributed by atoms with E-state index in [1.165, 1.54) is 23.2 Å². The molecule has 0 unspecified atom stereocenters. The summed E-state index contributed by atoms with van der Waals surface area (Å²) in [5.74, 6) is 0. The van der Waals surface area contributed by atoms with Gasteiger partial charge in [0.05, 0.1) is 0 Å². The van der Waals surface area contributed by atoms with Gasteiger partial charge in [0.1, 0.15) is 0 Å². The van der Waals surface area contributed by atoms with E-state index >= 15 is 0 Å². The van der Waals surface area contributed by atoms with Gasteiger partial charge in [0.15, 0.2) is 0 Å². The number of aromatic nitrogens is 1. The Hall–Kier alpha value is -1.74. The molecule has 0 saturated heterocycles. The van der Waals surface area contributed by atoms with Gasteiger partial charge in [-0.05, 0) is 49.8 Å². The van der Waals surface area contributed by atoms with Crippen molar-refractivity contribution in [1.29, 1.82) is 0 Å². The molecule has 0 aliphatic rings. The Morgan fingerprint density at radius 1 is 1.05 bits per heavy atom. The minimum atomic E-state index is 0.879. The number of aryl methyl sites for hydroxylation is 1. The molecule has 0 spiro atoms.